The fraction of sp³-hybridized carbons (Fsp3) is 0.737. The third-order valence-corrected chi connectivity index (χ3v) is 5.83. The number of anilines is 1. The van der Waals surface area contributed by atoms with Crippen molar-refractivity contribution in [1.29, 1.82) is 0 Å². The standard InChI is InChI=1S/C19H29N5O2.2ClH/c1-2-15-9-18(21-13-20-15)22-17-11-24(10-16(17)14-3-4-14)19(25)12-23-5-7-26-8-6-23;;/h9,13-14,16-17H,2-8,10-12H2,1H3,(H,20,21,22);2*1H/t16-,17+;;/m1../s1. The molecule has 0 bridgehead atoms. The summed E-state index contributed by atoms with van der Waals surface area (Å²) < 4.78 is 5.38. The molecule has 158 valence electrons. The van der Waals surface area contributed by atoms with Crippen molar-refractivity contribution in [1.82, 2.24) is 19.8 Å². The minimum atomic E-state index is 0. The van der Waals surface area contributed by atoms with E-state index in [1.165, 1.54) is 12.8 Å². The van der Waals surface area contributed by atoms with Gasteiger partial charge in [-0.2, -0.15) is 0 Å². The number of amides is 1. The van der Waals surface area contributed by atoms with E-state index < -0.39 is 0 Å². The van der Waals surface area contributed by atoms with Crippen LogP contribution in [0.1, 0.15) is 25.5 Å². The molecule has 1 aromatic heterocycles. The van der Waals surface area contributed by atoms with Gasteiger partial charge in [-0.05, 0) is 25.2 Å². The summed E-state index contributed by atoms with van der Waals surface area (Å²) >= 11 is 0. The highest BCUT2D eigenvalue weighted by atomic mass is 35.5. The van der Waals surface area contributed by atoms with Crippen LogP contribution in [0.5, 0.6) is 0 Å². The molecule has 1 saturated carbocycles. The number of morpholine rings is 1. The van der Waals surface area contributed by atoms with E-state index in [2.05, 4.69) is 32.0 Å². The van der Waals surface area contributed by atoms with Gasteiger partial charge in [0.15, 0.2) is 0 Å². The zero-order chi connectivity index (χ0) is 17.9. The number of ether oxygens (including phenoxy) is 1. The summed E-state index contributed by atoms with van der Waals surface area (Å²) in [4.78, 5) is 25.7. The largest absolute Gasteiger partial charge is 0.379 e. The summed E-state index contributed by atoms with van der Waals surface area (Å²) in [5, 5.41) is 3.60. The Morgan fingerprint density at radius 1 is 1.21 bits per heavy atom. The molecule has 0 radical (unpaired) electrons. The molecule has 3 heterocycles. The SMILES string of the molecule is CCc1cc(N[C@H]2CN(C(=O)CN3CCOCC3)C[C@@H]2C2CC2)ncn1.Cl.Cl. The molecule has 2 saturated heterocycles. The fourth-order valence-corrected chi connectivity index (χ4v) is 4.10. The number of hydrogen-bond acceptors (Lipinski definition) is 6. The Kier molecular flexibility index (Phi) is 8.74. The molecule has 9 heteroatoms. The lowest BCUT2D eigenvalue weighted by molar-refractivity contribution is -0.132. The van der Waals surface area contributed by atoms with Crippen LogP contribution in [0.25, 0.3) is 0 Å². The number of halogens is 2. The molecule has 0 unspecified atom stereocenters. The van der Waals surface area contributed by atoms with Crippen LogP contribution in [0.2, 0.25) is 0 Å². The third kappa shape index (κ3) is 5.69. The molecule has 0 aromatic carbocycles. The van der Waals surface area contributed by atoms with Crippen LogP contribution in [0.15, 0.2) is 12.4 Å². The molecule has 0 spiro atoms. The highest BCUT2D eigenvalue weighted by Crippen LogP contribution is 2.42. The summed E-state index contributed by atoms with van der Waals surface area (Å²) in [6.45, 7) is 7.43. The molecule has 2 aliphatic heterocycles. The van der Waals surface area contributed by atoms with E-state index in [0.29, 0.717) is 12.5 Å². The Balaban J connectivity index is 0.00000140. The number of rotatable bonds is 6. The molecule has 3 fully saturated rings. The lowest BCUT2D eigenvalue weighted by atomic mass is 9.98. The number of nitrogens with zero attached hydrogens (tertiary/aromatic N) is 4. The van der Waals surface area contributed by atoms with Gasteiger partial charge in [0.05, 0.1) is 19.8 Å². The van der Waals surface area contributed by atoms with E-state index in [0.717, 1.165) is 63.2 Å². The van der Waals surface area contributed by atoms with E-state index in [1.54, 1.807) is 6.33 Å². The molecular formula is C19H31Cl2N5O2. The summed E-state index contributed by atoms with van der Waals surface area (Å²) in [5.74, 6) is 2.42. The second kappa shape index (κ2) is 10.6. The first kappa shape index (κ1) is 23.1. The van der Waals surface area contributed by atoms with Crippen LogP contribution < -0.4 is 5.32 Å². The summed E-state index contributed by atoms with van der Waals surface area (Å²) in [7, 11) is 0. The monoisotopic (exact) mass is 431 g/mol. The number of aryl methyl sites for hydroxylation is 1. The molecule has 2 atom stereocenters. The minimum absolute atomic E-state index is 0. The smallest absolute Gasteiger partial charge is 0.236 e. The summed E-state index contributed by atoms with van der Waals surface area (Å²) in [6, 6.07) is 2.32. The Morgan fingerprint density at radius 2 is 1.96 bits per heavy atom. The quantitative estimate of drug-likeness (QED) is 0.740. The maximum absolute atomic E-state index is 12.8. The van der Waals surface area contributed by atoms with Crippen molar-refractivity contribution in [3.05, 3.63) is 18.1 Å². The number of carbonyl (C=O) groups is 1. The molecule has 7 nitrogen and oxygen atoms in total. The average Bonchev–Trinajstić information content (AvgIpc) is 3.43. The van der Waals surface area contributed by atoms with E-state index in [1.807, 2.05) is 6.07 Å². The highest BCUT2D eigenvalue weighted by Gasteiger charge is 2.44. The molecule has 1 aromatic rings. The van der Waals surface area contributed by atoms with E-state index >= 15 is 0 Å². The summed E-state index contributed by atoms with van der Waals surface area (Å²) in [5.41, 5.74) is 1.05. The third-order valence-electron chi connectivity index (χ3n) is 5.83. The number of likely N-dealkylation sites (tertiary alicyclic amines) is 1. The van der Waals surface area contributed by atoms with Crippen LogP contribution in [-0.4, -0.2) is 77.7 Å². The van der Waals surface area contributed by atoms with Gasteiger partial charge in [0, 0.05) is 49.9 Å². The van der Waals surface area contributed by atoms with Crippen LogP contribution in [0.3, 0.4) is 0 Å². The molecule has 1 N–H and O–H groups in total. The highest BCUT2D eigenvalue weighted by molar-refractivity contribution is 5.85. The zero-order valence-corrected chi connectivity index (χ0v) is 18.0. The van der Waals surface area contributed by atoms with Crippen molar-refractivity contribution in [2.75, 3.05) is 51.3 Å². The number of aromatic nitrogens is 2. The van der Waals surface area contributed by atoms with Gasteiger partial charge >= 0.3 is 0 Å². The molecule has 4 rings (SSSR count). The normalized spacial score (nSPS) is 25.0. The average molecular weight is 432 g/mol. The maximum atomic E-state index is 12.8. The number of hydrogen-bond donors (Lipinski definition) is 1. The Hall–Kier alpha value is -1.15. The predicted molar refractivity (Wildman–Crippen MR) is 113 cm³/mol. The van der Waals surface area contributed by atoms with Crippen molar-refractivity contribution < 1.29 is 9.53 Å². The molecule has 3 aliphatic rings. The van der Waals surface area contributed by atoms with Gasteiger partial charge in [0.25, 0.3) is 0 Å². The Bertz CT molecular complexity index is 641. The first-order valence-corrected chi connectivity index (χ1v) is 9.88. The number of carbonyl (C=O) groups excluding carboxylic acids is 1. The van der Waals surface area contributed by atoms with Crippen molar-refractivity contribution in [3.8, 4) is 0 Å². The van der Waals surface area contributed by atoms with Gasteiger partial charge in [-0.25, -0.2) is 9.97 Å². The zero-order valence-electron chi connectivity index (χ0n) is 16.4. The first-order valence-electron chi connectivity index (χ1n) is 9.88. The lowest BCUT2D eigenvalue weighted by Gasteiger charge is -2.28. The Morgan fingerprint density at radius 3 is 2.64 bits per heavy atom. The van der Waals surface area contributed by atoms with Gasteiger partial charge < -0.3 is 15.0 Å². The molecule has 1 aliphatic carbocycles. The second-order valence-corrected chi connectivity index (χ2v) is 7.69. The van der Waals surface area contributed by atoms with Crippen LogP contribution in [0.4, 0.5) is 5.82 Å². The van der Waals surface area contributed by atoms with Crippen molar-refractivity contribution in [2.24, 2.45) is 11.8 Å². The molecular weight excluding hydrogens is 401 g/mol. The first-order chi connectivity index (χ1) is 12.7. The topological polar surface area (TPSA) is 70.6 Å². The molecule has 28 heavy (non-hydrogen) atoms. The molecule has 1 amide bonds. The van der Waals surface area contributed by atoms with Gasteiger partial charge in [0.2, 0.25) is 5.91 Å². The van der Waals surface area contributed by atoms with E-state index in [-0.39, 0.29) is 36.8 Å². The van der Waals surface area contributed by atoms with Crippen molar-refractivity contribution >= 4 is 36.5 Å². The maximum Gasteiger partial charge on any atom is 0.236 e. The Labute approximate surface area is 179 Å². The van der Waals surface area contributed by atoms with Gasteiger partial charge in [-0.3, -0.25) is 9.69 Å². The lowest BCUT2D eigenvalue weighted by Crippen LogP contribution is -2.44. The minimum Gasteiger partial charge on any atom is -0.379 e. The van der Waals surface area contributed by atoms with E-state index in [9.17, 15) is 4.79 Å². The van der Waals surface area contributed by atoms with Crippen LogP contribution >= 0.6 is 24.8 Å². The van der Waals surface area contributed by atoms with Crippen LogP contribution in [-0.2, 0) is 16.0 Å². The van der Waals surface area contributed by atoms with Gasteiger partial charge in [-0.15, -0.1) is 24.8 Å². The fourth-order valence-electron chi connectivity index (χ4n) is 4.10. The summed E-state index contributed by atoms with van der Waals surface area (Å²) in [6.07, 6.45) is 5.11. The van der Waals surface area contributed by atoms with Crippen LogP contribution in [0, 0.1) is 11.8 Å². The van der Waals surface area contributed by atoms with Gasteiger partial charge in [-0.1, -0.05) is 6.92 Å². The number of nitrogens with one attached hydrogen (secondary N) is 1. The van der Waals surface area contributed by atoms with Gasteiger partial charge in [0.1, 0.15) is 12.1 Å². The van der Waals surface area contributed by atoms with Crippen molar-refractivity contribution in [2.45, 2.75) is 32.2 Å². The predicted octanol–water partition coefficient (Wildman–Crippen LogP) is 1.86. The second-order valence-electron chi connectivity index (χ2n) is 7.69. The van der Waals surface area contributed by atoms with Crippen molar-refractivity contribution in [3.63, 3.8) is 0 Å². The van der Waals surface area contributed by atoms with E-state index in [4.69, 9.17) is 4.74 Å².